The van der Waals surface area contributed by atoms with Crippen molar-refractivity contribution in [3.63, 3.8) is 0 Å². The van der Waals surface area contributed by atoms with Crippen molar-refractivity contribution in [2.75, 3.05) is 13.7 Å². The Kier molecular flexibility index (Phi) is 4.81. The topological polar surface area (TPSA) is 21.3 Å². The first kappa shape index (κ1) is 13.8. The van der Waals surface area contributed by atoms with Crippen LogP contribution in [-0.2, 0) is 6.42 Å². The molecule has 0 spiro atoms. The molecule has 0 saturated carbocycles. The van der Waals surface area contributed by atoms with Crippen LogP contribution in [0, 0.1) is 0 Å². The van der Waals surface area contributed by atoms with Gasteiger partial charge >= 0.3 is 6.18 Å². The Bertz CT molecular complexity index is 335. The molecule has 2 nitrogen and oxygen atoms in total. The first-order chi connectivity index (χ1) is 7.90. The van der Waals surface area contributed by atoms with Crippen LogP contribution in [0.3, 0.4) is 0 Å². The summed E-state index contributed by atoms with van der Waals surface area (Å²) in [6.45, 7) is 0.778. The van der Waals surface area contributed by atoms with E-state index >= 15 is 0 Å². The normalized spacial score (nSPS) is 13.5. The van der Waals surface area contributed by atoms with Crippen molar-refractivity contribution in [1.82, 2.24) is 5.32 Å². The van der Waals surface area contributed by atoms with E-state index in [-0.39, 0.29) is 6.04 Å². The maximum atomic E-state index is 12.0. The molecule has 0 amide bonds. The molecule has 1 rings (SSSR count). The summed E-state index contributed by atoms with van der Waals surface area (Å²) in [4.78, 5) is 0. The number of nitrogens with one attached hydrogen (secondary N) is 1. The van der Waals surface area contributed by atoms with Crippen molar-refractivity contribution in [3.8, 4) is 5.75 Å². The number of benzene rings is 1. The van der Waals surface area contributed by atoms with E-state index in [0.717, 1.165) is 11.3 Å². The third-order valence-corrected chi connectivity index (χ3v) is 2.35. The zero-order valence-electron chi connectivity index (χ0n) is 9.84. The molecule has 0 fully saturated rings. The lowest BCUT2D eigenvalue weighted by molar-refractivity contribution is -0.126. The second kappa shape index (κ2) is 5.91. The van der Waals surface area contributed by atoms with Crippen LogP contribution in [-0.4, -0.2) is 25.9 Å². The van der Waals surface area contributed by atoms with Gasteiger partial charge in [-0.3, -0.25) is 0 Å². The molecular weight excluding hydrogens is 231 g/mol. The molecular formula is C12H16F3NO. The van der Waals surface area contributed by atoms with Gasteiger partial charge in [-0.25, -0.2) is 0 Å². The minimum Gasteiger partial charge on any atom is -0.497 e. The lowest BCUT2D eigenvalue weighted by atomic mass is 10.1. The van der Waals surface area contributed by atoms with E-state index in [4.69, 9.17) is 4.74 Å². The quantitative estimate of drug-likeness (QED) is 0.863. The van der Waals surface area contributed by atoms with Gasteiger partial charge in [0.2, 0.25) is 0 Å². The van der Waals surface area contributed by atoms with Gasteiger partial charge in [-0.2, -0.15) is 13.2 Å². The van der Waals surface area contributed by atoms with E-state index in [1.165, 1.54) is 0 Å². The average molecular weight is 247 g/mol. The fourth-order valence-electron chi connectivity index (χ4n) is 1.48. The third kappa shape index (κ3) is 5.58. The Hall–Kier alpha value is -1.23. The van der Waals surface area contributed by atoms with Crippen LogP contribution >= 0.6 is 0 Å². The van der Waals surface area contributed by atoms with Gasteiger partial charge < -0.3 is 10.1 Å². The van der Waals surface area contributed by atoms with Crippen molar-refractivity contribution >= 4 is 0 Å². The number of hydrogen-bond acceptors (Lipinski definition) is 2. The van der Waals surface area contributed by atoms with Gasteiger partial charge in [-0.05, 0) is 31.0 Å². The lowest BCUT2D eigenvalue weighted by Gasteiger charge is -2.15. The van der Waals surface area contributed by atoms with Gasteiger partial charge in [0.05, 0.1) is 13.7 Å². The summed E-state index contributed by atoms with van der Waals surface area (Å²) in [5.74, 6) is 0.740. The molecule has 0 bridgehead atoms. The van der Waals surface area contributed by atoms with E-state index < -0.39 is 12.7 Å². The smallest absolute Gasteiger partial charge is 0.401 e. The Morgan fingerprint density at radius 3 is 2.29 bits per heavy atom. The monoisotopic (exact) mass is 247 g/mol. The van der Waals surface area contributed by atoms with E-state index in [1.807, 2.05) is 12.1 Å². The SMILES string of the molecule is COc1ccc(CC(C)NCC(F)(F)F)cc1. The van der Waals surface area contributed by atoms with Crippen LogP contribution < -0.4 is 10.1 Å². The maximum Gasteiger partial charge on any atom is 0.401 e. The summed E-state index contributed by atoms with van der Waals surface area (Å²) in [5.41, 5.74) is 0.980. The Balaban J connectivity index is 2.42. The largest absolute Gasteiger partial charge is 0.497 e. The highest BCUT2D eigenvalue weighted by Gasteiger charge is 2.27. The summed E-state index contributed by atoms with van der Waals surface area (Å²) < 4.78 is 40.9. The molecule has 1 N–H and O–H groups in total. The van der Waals surface area contributed by atoms with E-state index in [2.05, 4.69) is 5.32 Å². The van der Waals surface area contributed by atoms with Gasteiger partial charge in [-0.1, -0.05) is 12.1 Å². The molecule has 1 aromatic carbocycles. The molecule has 0 radical (unpaired) electrons. The van der Waals surface area contributed by atoms with Crippen molar-refractivity contribution in [2.24, 2.45) is 0 Å². The van der Waals surface area contributed by atoms with Crippen LogP contribution in [0.2, 0.25) is 0 Å². The minimum atomic E-state index is -4.16. The Morgan fingerprint density at radius 2 is 1.82 bits per heavy atom. The predicted molar refractivity (Wildman–Crippen MR) is 60.2 cm³/mol. The van der Waals surface area contributed by atoms with E-state index in [0.29, 0.717) is 6.42 Å². The number of methoxy groups -OCH3 is 1. The molecule has 0 aromatic heterocycles. The zero-order valence-corrected chi connectivity index (χ0v) is 9.84. The van der Waals surface area contributed by atoms with E-state index in [9.17, 15) is 13.2 Å². The molecule has 1 atom stereocenters. The molecule has 0 aliphatic rings. The first-order valence-electron chi connectivity index (χ1n) is 5.34. The summed E-state index contributed by atoms with van der Waals surface area (Å²) >= 11 is 0. The standard InChI is InChI=1S/C12H16F3NO/c1-9(16-8-12(13,14)15)7-10-3-5-11(17-2)6-4-10/h3-6,9,16H,7-8H2,1-2H3. The van der Waals surface area contributed by atoms with E-state index in [1.54, 1.807) is 26.2 Å². The van der Waals surface area contributed by atoms with Crippen molar-refractivity contribution in [3.05, 3.63) is 29.8 Å². The molecule has 0 aliphatic heterocycles. The van der Waals surface area contributed by atoms with Gasteiger partial charge in [0.15, 0.2) is 0 Å². The van der Waals surface area contributed by atoms with Crippen molar-refractivity contribution in [1.29, 1.82) is 0 Å². The summed E-state index contributed by atoms with van der Waals surface area (Å²) in [7, 11) is 1.57. The van der Waals surface area contributed by atoms with Crippen molar-refractivity contribution < 1.29 is 17.9 Å². The molecule has 5 heteroatoms. The van der Waals surface area contributed by atoms with Crippen LogP contribution in [0.25, 0.3) is 0 Å². The van der Waals surface area contributed by atoms with Crippen molar-refractivity contribution in [2.45, 2.75) is 25.6 Å². The van der Waals surface area contributed by atoms with Gasteiger partial charge in [-0.15, -0.1) is 0 Å². The molecule has 1 aromatic rings. The van der Waals surface area contributed by atoms with Gasteiger partial charge in [0, 0.05) is 6.04 Å². The fraction of sp³-hybridized carbons (Fsp3) is 0.500. The fourth-order valence-corrected chi connectivity index (χ4v) is 1.48. The summed E-state index contributed by atoms with van der Waals surface area (Å²) in [6.07, 6.45) is -3.60. The van der Waals surface area contributed by atoms with Crippen LogP contribution in [0.4, 0.5) is 13.2 Å². The number of rotatable bonds is 5. The summed E-state index contributed by atoms with van der Waals surface area (Å²) in [5, 5.41) is 2.44. The lowest BCUT2D eigenvalue weighted by Crippen LogP contribution is -2.36. The Morgan fingerprint density at radius 1 is 1.24 bits per heavy atom. The van der Waals surface area contributed by atoms with Crippen LogP contribution in [0.1, 0.15) is 12.5 Å². The average Bonchev–Trinajstić information content (AvgIpc) is 2.27. The highest BCUT2D eigenvalue weighted by atomic mass is 19.4. The molecule has 0 saturated heterocycles. The van der Waals surface area contributed by atoms with Crippen LogP contribution in [0.5, 0.6) is 5.75 Å². The van der Waals surface area contributed by atoms with Crippen LogP contribution in [0.15, 0.2) is 24.3 Å². The number of ether oxygens (including phenoxy) is 1. The second-order valence-corrected chi connectivity index (χ2v) is 3.95. The summed E-state index contributed by atoms with van der Waals surface area (Å²) in [6, 6.07) is 7.08. The molecule has 96 valence electrons. The van der Waals surface area contributed by atoms with Gasteiger partial charge in [0.1, 0.15) is 5.75 Å². The van der Waals surface area contributed by atoms with Gasteiger partial charge in [0.25, 0.3) is 0 Å². The predicted octanol–water partition coefficient (Wildman–Crippen LogP) is 2.78. The first-order valence-corrected chi connectivity index (χ1v) is 5.34. The molecule has 17 heavy (non-hydrogen) atoms. The zero-order chi connectivity index (χ0) is 12.9. The number of alkyl halides is 3. The molecule has 0 aliphatic carbocycles. The third-order valence-electron chi connectivity index (χ3n) is 2.35. The highest BCUT2D eigenvalue weighted by molar-refractivity contribution is 5.27. The second-order valence-electron chi connectivity index (χ2n) is 3.95. The minimum absolute atomic E-state index is 0.218. The highest BCUT2D eigenvalue weighted by Crippen LogP contribution is 2.15. The number of hydrogen-bond donors (Lipinski definition) is 1. The molecule has 1 unspecified atom stereocenters. The Labute approximate surface area is 98.8 Å². The molecule has 0 heterocycles. The maximum absolute atomic E-state index is 12.0. The number of halogens is 3.